The third-order valence-electron chi connectivity index (χ3n) is 2.82. The van der Waals surface area contributed by atoms with Crippen LogP contribution in [0.3, 0.4) is 0 Å². The first kappa shape index (κ1) is 12.9. The number of oxazole rings is 1. The lowest BCUT2D eigenvalue weighted by Gasteiger charge is -2.38. The Balaban J connectivity index is 2.08. The van der Waals surface area contributed by atoms with Crippen molar-refractivity contribution in [3.63, 3.8) is 0 Å². The smallest absolute Gasteiger partial charge is 0.360 e. The summed E-state index contributed by atoms with van der Waals surface area (Å²) in [7, 11) is 0. The van der Waals surface area contributed by atoms with Crippen LogP contribution >= 0.6 is 0 Å². The monoisotopic (exact) mass is 253 g/mol. The molecule has 0 aliphatic carbocycles. The highest BCUT2D eigenvalue weighted by molar-refractivity contribution is 5.87. The lowest BCUT2D eigenvalue weighted by molar-refractivity contribution is 0.0519. The highest BCUT2D eigenvalue weighted by Gasteiger charge is 2.28. The van der Waals surface area contributed by atoms with Gasteiger partial charge in [-0.05, 0) is 20.8 Å². The fraction of sp³-hybridized carbons (Fsp3) is 0.667. The predicted molar refractivity (Wildman–Crippen MR) is 66.8 cm³/mol. The van der Waals surface area contributed by atoms with Crippen LogP contribution in [0.15, 0.2) is 10.7 Å². The van der Waals surface area contributed by atoms with E-state index < -0.39 is 5.97 Å². The van der Waals surface area contributed by atoms with Gasteiger partial charge in [0.2, 0.25) is 0 Å². The van der Waals surface area contributed by atoms with Crippen molar-refractivity contribution in [3.05, 3.63) is 12.0 Å². The molecule has 6 nitrogen and oxygen atoms in total. The largest absolute Gasteiger partial charge is 0.461 e. The van der Waals surface area contributed by atoms with Gasteiger partial charge in [0, 0.05) is 25.2 Å². The zero-order valence-electron chi connectivity index (χ0n) is 11.0. The third-order valence-corrected chi connectivity index (χ3v) is 2.82. The van der Waals surface area contributed by atoms with Crippen LogP contribution in [0.2, 0.25) is 0 Å². The molecule has 0 saturated carbocycles. The maximum atomic E-state index is 11.5. The van der Waals surface area contributed by atoms with E-state index >= 15 is 0 Å². The third kappa shape index (κ3) is 2.81. The Morgan fingerprint density at radius 3 is 3.11 bits per heavy atom. The van der Waals surface area contributed by atoms with E-state index in [1.165, 1.54) is 6.26 Å². The van der Waals surface area contributed by atoms with Crippen molar-refractivity contribution in [3.8, 4) is 0 Å². The summed E-state index contributed by atoms with van der Waals surface area (Å²) in [6, 6.07) is 0.479. The number of anilines is 1. The molecule has 18 heavy (non-hydrogen) atoms. The molecule has 0 bridgehead atoms. The quantitative estimate of drug-likeness (QED) is 0.812. The number of piperazine rings is 1. The van der Waals surface area contributed by atoms with Crippen LogP contribution in [0.5, 0.6) is 0 Å². The molecule has 100 valence electrons. The van der Waals surface area contributed by atoms with Crippen molar-refractivity contribution in [1.82, 2.24) is 10.3 Å². The van der Waals surface area contributed by atoms with Crippen LogP contribution in [0.25, 0.3) is 0 Å². The molecule has 1 saturated heterocycles. The first-order chi connectivity index (χ1) is 8.52. The van der Waals surface area contributed by atoms with Crippen LogP contribution in [-0.2, 0) is 4.74 Å². The average Bonchev–Trinajstić information content (AvgIpc) is 2.77. The highest BCUT2D eigenvalue weighted by Crippen LogP contribution is 2.19. The standard InChI is InChI=1S/C12H19N3O3/c1-4-17-10(16)9-7-18-11(14-9)15-6-5-13-12(2,3)8-15/h7,13H,4-6,8H2,1-3H3. The van der Waals surface area contributed by atoms with E-state index in [0.717, 1.165) is 19.6 Å². The fourth-order valence-electron chi connectivity index (χ4n) is 2.01. The van der Waals surface area contributed by atoms with Gasteiger partial charge in [0.15, 0.2) is 5.69 Å². The van der Waals surface area contributed by atoms with Crippen molar-refractivity contribution in [2.45, 2.75) is 26.3 Å². The number of nitrogens with one attached hydrogen (secondary N) is 1. The molecule has 0 atom stereocenters. The van der Waals surface area contributed by atoms with E-state index in [2.05, 4.69) is 24.1 Å². The SMILES string of the molecule is CCOC(=O)c1coc(N2CCNC(C)(C)C2)n1. The van der Waals surface area contributed by atoms with Crippen LogP contribution in [0.4, 0.5) is 6.01 Å². The minimum absolute atomic E-state index is 0.0107. The second kappa shape index (κ2) is 4.97. The number of hydrogen-bond acceptors (Lipinski definition) is 6. The van der Waals surface area contributed by atoms with Crippen molar-refractivity contribution < 1.29 is 13.9 Å². The number of hydrogen-bond donors (Lipinski definition) is 1. The van der Waals surface area contributed by atoms with Gasteiger partial charge >= 0.3 is 5.97 Å². The molecular formula is C12H19N3O3. The van der Waals surface area contributed by atoms with Gasteiger partial charge in [-0.15, -0.1) is 0 Å². The van der Waals surface area contributed by atoms with Gasteiger partial charge in [-0.3, -0.25) is 0 Å². The minimum Gasteiger partial charge on any atom is -0.461 e. The molecule has 1 aromatic rings. The molecule has 1 aromatic heterocycles. The normalized spacial score (nSPS) is 18.7. The van der Waals surface area contributed by atoms with Crippen molar-refractivity contribution in [1.29, 1.82) is 0 Å². The summed E-state index contributed by atoms with van der Waals surface area (Å²) in [5.41, 5.74) is 0.236. The van der Waals surface area contributed by atoms with Crippen molar-refractivity contribution >= 4 is 12.0 Å². The van der Waals surface area contributed by atoms with Gasteiger partial charge in [0.1, 0.15) is 6.26 Å². The van der Waals surface area contributed by atoms with Gasteiger partial charge in [-0.1, -0.05) is 0 Å². The van der Waals surface area contributed by atoms with Crippen LogP contribution in [0, 0.1) is 0 Å². The topological polar surface area (TPSA) is 67.6 Å². The Morgan fingerprint density at radius 1 is 1.67 bits per heavy atom. The summed E-state index contributed by atoms with van der Waals surface area (Å²) in [5, 5.41) is 3.41. The van der Waals surface area contributed by atoms with Gasteiger partial charge in [0.25, 0.3) is 6.01 Å². The molecule has 2 heterocycles. The molecule has 1 aliphatic heterocycles. The predicted octanol–water partition coefficient (Wildman–Crippen LogP) is 1.04. The van der Waals surface area contributed by atoms with Crippen molar-refractivity contribution in [2.75, 3.05) is 31.1 Å². The Labute approximate surface area is 106 Å². The Bertz CT molecular complexity index is 428. The molecule has 0 unspecified atom stereocenters. The molecule has 6 heteroatoms. The lowest BCUT2D eigenvalue weighted by atomic mass is 10.0. The molecule has 0 amide bonds. The number of carbonyl (C=O) groups is 1. The summed E-state index contributed by atoms with van der Waals surface area (Å²) in [6.45, 7) is 8.80. The number of rotatable bonds is 3. The van der Waals surface area contributed by atoms with Crippen LogP contribution in [-0.4, -0.2) is 42.7 Å². The maximum Gasteiger partial charge on any atom is 0.360 e. The highest BCUT2D eigenvalue weighted by atomic mass is 16.5. The summed E-state index contributed by atoms with van der Waals surface area (Å²) in [6.07, 6.45) is 1.35. The second-order valence-electron chi connectivity index (χ2n) is 4.97. The number of carbonyl (C=O) groups excluding carboxylic acids is 1. The van der Waals surface area contributed by atoms with E-state index in [1.54, 1.807) is 6.92 Å². The minimum atomic E-state index is -0.443. The van der Waals surface area contributed by atoms with Crippen LogP contribution in [0.1, 0.15) is 31.3 Å². The number of aromatic nitrogens is 1. The van der Waals surface area contributed by atoms with Crippen molar-refractivity contribution in [2.24, 2.45) is 0 Å². The lowest BCUT2D eigenvalue weighted by Crippen LogP contribution is -2.57. The summed E-state index contributed by atoms with van der Waals surface area (Å²) in [4.78, 5) is 17.7. The van der Waals surface area contributed by atoms with E-state index in [9.17, 15) is 4.79 Å². The van der Waals surface area contributed by atoms with Gasteiger partial charge in [0.05, 0.1) is 6.61 Å². The molecule has 0 aromatic carbocycles. The van der Waals surface area contributed by atoms with Gasteiger partial charge in [-0.2, -0.15) is 4.98 Å². The first-order valence-corrected chi connectivity index (χ1v) is 6.14. The molecule has 2 rings (SSSR count). The van der Waals surface area contributed by atoms with E-state index in [0.29, 0.717) is 12.6 Å². The van der Waals surface area contributed by atoms with E-state index in [-0.39, 0.29) is 11.2 Å². The first-order valence-electron chi connectivity index (χ1n) is 6.14. The molecule has 0 spiro atoms. The zero-order valence-corrected chi connectivity index (χ0v) is 11.0. The van der Waals surface area contributed by atoms with Gasteiger partial charge in [-0.25, -0.2) is 4.79 Å². The van der Waals surface area contributed by atoms with Gasteiger partial charge < -0.3 is 19.4 Å². The Morgan fingerprint density at radius 2 is 2.44 bits per heavy atom. The average molecular weight is 253 g/mol. The molecule has 1 fully saturated rings. The number of ether oxygens (including phenoxy) is 1. The maximum absolute atomic E-state index is 11.5. The number of nitrogens with zero attached hydrogens (tertiary/aromatic N) is 2. The number of esters is 1. The molecule has 0 radical (unpaired) electrons. The summed E-state index contributed by atoms with van der Waals surface area (Å²) < 4.78 is 10.2. The molecular weight excluding hydrogens is 234 g/mol. The van der Waals surface area contributed by atoms with E-state index in [4.69, 9.17) is 9.15 Å². The fourth-order valence-corrected chi connectivity index (χ4v) is 2.01. The molecule has 1 aliphatic rings. The zero-order chi connectivity index (χ0) is 13.2. The summed E-state index contributed by atoms with van der Waals surface area (Å²) >= 11 is 0. The van der Waals surface area contributed by atoms with E-state index in [1.807, 2.05) is 4.90 Å². The summed E-state index contributed by atoms with van der Waals surface area (Å²) in [5.74, 6) is -0.443. The molecule has 1 N–H and O–H groups in total. The van der Waals surface area contributed by atoms with Crippen LogP contribution < -0.4 is 10.2 Å². The Hall–Kier alpha value is -1.56. The second-order valence-corrected chi connectivity index (χ2v) is 4.97. The Kier molecular flexibility index (Phi) is 3.56.